The van der Waals surface area contributed by atoms with E-state index in [4.69, 9.17) is 26.6 Å². The van der Waals surface area contributed by atoms with Crippen LogP contribution in [0.3, 0.4) is 0 Å². The summed E-state index contributed by atoms with van der Waals surface area (Å²) in [5.74, 6) is 6.96. The first kappa shape index (κ1) is 13.0. The topological polar surface area (TPSA) is 60.4 Å². The van der Waals surface area contributed by atoms with Crippen LogP contribution in [0.1, 0.15) is 18.7 Å². The van der Waals surface area contributed by atoms with Gasteiger partial charge >= 0.3 is 0 Å². The second kappa shape index (κ2) is 5.91. The van der Waals surface area contributed by atoms with Crippen molar-refractivity contribution in [1.29, 1.82) is 0 Å². The molecule has 0 amide bonds. The largest absolute Gasteiger partial charge is 0.489 e. The van der Waals surface area contributed by atoms with E-state index < -0.39 is 0 Å². The van der Waals surface area contributed by atoms with E-state index >= 15 is 0 Å². The van der Waals surface area contributed by atoms with E-state index in [0.29, 0.717) is 10.8 Å². The number of hydrazine groups is 1. The summed E-state index contributed by atoms with van der Waals surface area (Å²) in [6.45, 7) is 1.91. The lowest BCUT2D eigenvalue weighted by Gasteiger charge is -2.22. The minimum absolute atomic E-state index is 0.195. The van der Waals surface area contributed by atoms with E-state index in [1.165, 1.54) is 0 Å². The number of furan rings is 1. The maximum absolute atomic E-state index is 5.90. The summed E-state index contributed by atoms with van der Waals surface area (Å²) in [6, 6.07) is 10.7. The molecule has 0 aliphatic carbocycles. The fourth-order valence-corrected chi connectivity index (χ4v) is 1.92. The van der Waals surface area contributed by atoms with E-state index in [2.05, 4.69) is 5.43 Å². The maximum atomic E-state index is 5.90. The van der Waals surface area contributed by atoms with Crippen molar-refractivity contribution in [3.8, 4) is 5.75 Å². The number of halogens is 1. The predicted octanol–water partition coefficient (Wildman–Crippen LogP) is 2.90. The van der Waals surface area contributed by atoms with Gasteiger partial charge in [0.15, 0.2) is 0 Å². The van der Waals surface area contributed by atoms with E-state index in [1.54, 1.807) is 18.4 Å². The van der Waals surface area contributed by atoms with Gasteiger partial charge in [-0.1, -0.05) is 17.7 Å². The molecule has 0 saturated heterocycles. The zero-order valence-corrected chi connectivity index (χ0v) is 10.7. The van der Waals surface area contributed by atoms with E-state index in [-0.39, 0.29) is 12.1 Å². The molecule has 0 aliphatic rings. The Bertz CT molecular complexity index is 487. The van der Waals surface area contributed by atoms with Crippen LogP contribution in [0.4, 0.5) is 0 Å². The molecular formula is C13H15ClN2O2. The fourth-order valence-electron chi connectivity index (χ4n) is 1.74. The van der Waals surface area contributed by atoms with Gasteiger partial charge in [0.25, 0.3) is 0 Å². The third kappa shape index (κ3) is 3.04. The molecule has 3 N–H and O–H groups in total. The van der Waals surface area contributed by atoms with Crippen molar-refractivity contribution in [2.45, 2.75) is 19.1 Å². The Labute approximate surface area is 111 Å². The van der Waals surface area contributed by atoms with Crippen molar-refractivity contribution < 1.29 is 9.15 Å². The standard InChI is InChI=1S/C13H15ClN2O2/c1-9(13(16-15)12-6-3-7-17-12)18-11-5-2-4-10(14)8-11/h2-9,13,16H,15H2,1H3. The molecule has 1 aromatic heterocycles. The van der Waals surface area contributed by atoms with Gasteiger partial charge in [-0.25, -0.2) is 5.43 Å². The third-order valence-corrected chi connectivity index (χ3v) is 2.85. The van der Waals surface area contributed by atoms with E-state index in [0.717, 1.165) is 5.76 Å². The van der Waals surface area contributed by atoms with Crippen LogP contribution in [0.5, 0.6) is 5.75 Å². The van der Waals surface area contributed by atoms with Crippen LogP contribution in [0.25, 0.3) is 0 Å². The Balaban J connectivity index is 2.08. The monoisotopic (exact) mass is 266 g/mol. The quantitative estimate of drug-likeness (QED) is 0.645. The second-order valence-corrected chi connectivity index (χ2v) is 4.38. The summed E-state index contributed by atoms with van der Waals surface area (Å²) in [6.07, 6.45) is 1.41. The molecule has 0 radical (unpaired) electrons. The highest BCUT2D eigenvalue weighted by Crippen LogP contribution is 2.23. The Morgan fingerprint density at radius 3 is 2.78 bits per heavy atom. The highest BCUT2D eigenvalue weighted by Gasteiger charge is 2.22. The maximum Gasteiger partial charge on any atom is 0.125 e. The molecule has 0 bridgehead atoms. The first-order valence-electron chi connectivity index (χ1n) is 5.62. The molecule has 0 saturated carbocycles. The lowest BCUT2D eigenvalue weighted by Crippen LogP contribution is -2.37. The van der Waals surface area contributed by atoms with Crippen LogP contribution in [-0.4, -0.2) is 6.10 Å². The Hall–Kier alpha value is -1.49. The average Bonchev–Trinajstić information content (AvgIpc) is 2.83. The second-order valence-electron chi connectivity index (χ2n) is 3.94. The van der Waals surface area contributed by atoms with Crippen LogP contribution < -0.4 is 16.0 Å². The van der Waals surface area contributed by atoms with Gasteiger partial charge in [0.2, 0.25) is 0 Å². The van der Waals surface area contributed by atoms with Crippen LogP contribution in [0.2, 0.25) is 5.02 Å². The molecule has 18 heavy (non-hydrogen) atoms. The number of benzene rings is 1. The number of hydrogen-bond acceptors (Lipinski definition) is 4. The summed E-state index contributed by atoms with van der Waals surface area (Å²) in [5, 5.41) is 0.634. The van der Waals surface area contributed by atoms with Crippen molar-refractivity contribution in [3.05, 3.63) is 53.4 Å². The van der Waals surface area contributed by atoms with Gasteiger partial charge in [0.05, 0.1) is 6.26 Å². The molecule has 0 aliphatic heterocycles. The summed E-state index contributed by atoms with van der Waals surface area (Å²) in [7, 11) is 0. The van der Waals surface area contributed by atoms with Gasteiger partial charge in [-0.3, -0.25) is 5.84 Å². The molecule has 4 nitrogen and oxygen atoms in total. The van der Waals surface area contributed by atoms with Gasteiger partial charge in [-0.15, -0.1) is 0 Å². The lowest BCUT2D eigenvalue weighted by atomic mass is 10.1. The van der Waals surface area contributed by atoms with E-state index in [9.17, 15) is 0 Å². The van der Waals surface area contributed by atoms with Crippen LogP contribution in [0, 0.1) is 0 Å². The van der Waals surface area contributed by atoms with Gasteiger partial charge < -0.3 is 9.15 Å². The first-order valence-corrected chi connectivity index (χ1v) is 6.00. The van der Waals surface area contributed by atoms with Crippen LogP contribution in [0.15, 0.2) is 47.1 Å². The Morgan fingerprint density at radius 2 is 2.17 bits per heavy atom. The first-order chi connectivity index (χ1) is 8.70. The van der Waals surface area contributed by atoms with Crippen LogP contribution >= 0.6 is 11.6 Å². The van der Waals surface area contributed by atoms with Crippen molar-refractivity contribution in [2.75, 3.05) is 0 Å². The van der Waals surface area contributed by atoms with Gasteiger partial charge in [-0.05, 0) is 37.3 Å². The molecule has 2 aromatic rings. The van der Waals surface area contributed by atoms with Gasteiger partial charge in [-0.2, -0.15) is 0 Å². The average molecular weight is 267 g/mol. The number of nitrogens with one attached hydrogen (secondary N) is 1. The van der Waals surface area contributed by atoms with Crippen molar-refractivity contribution in [2.24, 2.45) is 5.84 Å². The molecule has 1 heterocycles. The molecule has 0 fully saturated rings. The fraction of sp³-hybridized carbons (Fsp3) is 0.231. The van der Waals surface area contributed by atoms with E-state index in [1.807, 2.05) is 31.2 Å². The zero-order valence-electron chi connectivity index (χ0n) is 9.97. The van der Waals surface area contributed by atoms with Gasteiger partial charge in [0, 0.05) is 5.02 Å². The molecule has 0 spiro atoms. The van der Waals surface area contributed by atoms with Crippen molar-refractivity contribution in [3.63, 3.8) is 0 Å². The lowest BCUT2D eigenvalue weighted by molar-refractivity contribution is 0.158. The SMILES string of the molecule is CC(Oc1cccc(Cl)c1)C(NN)c1ccco1. The highest BCUT2D eigenvalue weighted by atomic mass is 35.5. The van der Waals surface area contributed by atoms with Crippen molar-refractivity contribution in [1.82, 2.24) is 5.43 Å². The highest BCUT2D eigenvalue weighted by molar-refractivity contribution is 6.30. The molecular weight excluding hydrogens is 252 g/mol. The normalized spacial score (nSPS) is 14.2. The van der Waals surface area contributed by atoms with Crippen molar-refractivity contribution >= 4 is 11.6 Å². The molecule has 5 heteroatoms. The molecule has 2 unspecified atom stereocenters. The Kier molecular flexibility index (Phi) is 4.25. The molecule has 96 valence electrons. The zero-order chi connectivity index (χ0) is 13.0. The minimum atomic E-state index is -0.223. The summed E-state index contributed by atoms with van der Waals surface area (Å²) < 4.78 is 11.1. The molecule has 2 rings (SSSR count). The number of hydrogen-bond donors (Lipinski definition) is 2. The summed E-state index contributed by atoms with van der Waals surface area (Å²) >= 11 is 5.90. The number of rotatable bonds is 5. The molecule has 1 aromatic carbocycles. The summed E-state index contributed by atoms with van der Waals surface area (Å²) in [4.78, 5) is 0. The Morgan fingerprint density at radius 1 is 1.33 bits per heavy atom. The summed E-state index contributed by atoms with van der Waals surface area (Å²) in [5.41, 5.74) is 2.69. The predicted molar refractivity (Wildman–Crippen MR) is 70.3 cm³/mol. The third-order valence-electron chi connectivity index (χ3n) is 2.62. The minimum Gasteiger partial charge on any atom is -0.489 e. The van der Waals surface area contributed by atoms with Gasteiger partial charge in [0.1, 0.15) is 23.7 Å². The molecule has 2 atom stereocenters. The number of ether oxygens (including phenoxy) is 1. The smallest absolute Gasteiger partial charge is 0.125 e. The van der Waals surface area contributed by atoms with Crippen LogP contribution in [-0.2, 0) is 0 Å². The number of nitrogens with two attached hydrogens (primary N) is 1.